The van der Waals surface area contributed by atoms with Gasteiger partial charge in [-0.3, -0.25) is 14.5 Å². The lowest BCUT2D eigenvalue weighted by Crippen LogP contribution is -2.70. The van der Waals surface area contributed by atoms with E-state index >= 15 is 0 Å². The Balaban J connectivity index is 1.76. The van der Waals surface area contributed by atoms with Crippen molar-refractivity contribution in [1.29, 1.82) is 0 Å². The maximum absolute atomic E-state index is 12.3. The molecule has 0 aliphatic carbocycles. The van der Waals surface area contributed by atoms with Crippen molar-refractivity contribution in [2.45, 2.75) is 11.4 Å². The first-order valence-corrected chi connectivity index (χ1v) is 8.05. The monoisotopic (exact) mass is 350 g/mol. The second-order valence-electron chi connectivity index (χ2n) is 5.16. The molecule has 2 amide bonds. The SMILES string of the molecule is COc1ccc(O)c(C(=O)NC2C(=O)N3C(C(=O)O)=CCS[C@H]23)c1. The Morgan fingerprint density at radius 2 is 2.17 bits per heavy atom. The van der Waals surface area contributed by atoms with Crippen LogP contribution in [0.4, 0.5) is 0 Å². The number of phenolic OH excluding ortho intramolecular Hbond substituents is 1. The van der Waals surface area contributed by atoms with Gasteiger partial charge < -0.3 is 20.3 Å². The number of nitrogens with one attached hydrogen (secondary N) is 1. The van der Waals surface area contributed by atoms with Crippen LogP contribution in [-0.2, 0) is 9.59 Å². The number of methoxy groups -OCH3 is 1. The van der Waals surface area contributed by atoms with Crippen LogP contribution in [0.15, 0.2) is 30.0 Å². The molecule has 3 N–H and O–H groups in total. The maximum Gasteiger partial charge on any atom is 0.352 e. The van der Waals surface area contributed by atoms with Crippen LogP contribution in [0.25, 0.3) is 0 Å². The molecule has 2 aliphatic heterocycles. The van der Waals surface area contributed by atoms with E-state index in [0.29, 0.717) is 11.5 Å². The third kappa shape index (κ3) is 2.56. The zero-order valence-corrected chi connectivity index (χ0v) is 13.4. The summed E-state index contributed by atoms with van der Waals surface area (Å²) in [6.45, 7) is 0. The van der Waals surface area contributed by atoms with Gasteiger partial charge in [-0.15, -0.1) is 11.8 Å². The number of fused-ring (bicyclic) bond motifs is 1. The lowest BCUT2D eigenvalue weighted by molar-refractivity contribution is -0.148. The Kier molecular flexibility index (Phi) is 4.10. The number of aromatic hydroxyl groups is 1. The molecule has 3 rings (SSSR count). The summed E-state index contributed by atoms with van der Waals surface area (Å²) in [7, 11) is 1.43. The highest BCUT2D eigenvalue weighted by molar-refractivity contribution is 8.00. The molecule has 2 heterocycles. The minimum absolute atomic E-state index is 0.0181. The number of ether oxygens (including phenoxy) is 1. The number of carbonyl (C=O) groups excluding carboxylic acids is 2. The number of aliphatic carboxylic acids is 1. The molecule has 8 nitrogen and oxygen atoms in total. The molecular formula is C15H14N2O6S. The zero-order valence-electron chi connectivity index (χ0n) is 12.6. The van der Waals surface area contributed by atoms with Gasteiger partial charge in [-0.1, -0.05) is 0 Å². The van der Waals surface area contributed by atoms with Crippen LogP contribution in [0.1, 0.15) is 10.4 Å². The number of hydrogen-bond acceptors (Lipinski definition) is 6. The molecule has 0 saturated carbocycles. The van der Waals surface area contributed by atoms with Crippen LogP contribution in [0.5, 0.6) is 11.5 Å². The summed E-state index contributed by atoms with van der Waals surface area (Å²) in [5.74, 6) is -1.70. The van der Waals surface area contributed by atoms with Gasteiger partial charge in [0.25, 0.3) is 11.8 Å². The molecule has 1 unspecified atom stereocenters. The number of phenols is 1. The van der Waals surface area contributed by atoms with Crippen molar-refractivity contribution in [3.05, 3.63) is 35.5 Å². The third-order valence-electron chi connectivity index (χ3n) is 3.80. The summed E-state index contributed by atoms with van der Waals surface area (Å²) in [6.07, 6.45) is 1.47. The molecule has 2 aliphatic rings. The van der Waals surface area contributed by atoms with Gasteiger partial charge in [-0.25, -0.2) is 4.79 Å². The summed E-state index contributed by atoms with van der Waals surface area (Å²) < 4.78 is 5.01. The van der Waals surface area contributed by atoms with Crippen molar-refractivity contribution >= 4 is 29.5 Å². The molecule has 24 heavy (non-hydrogen) atoms. The average Bonchev–Trinajstić information content (AvgIpc) is 2.58. The van der Waals surface area contributed by atoms with Crippen molar-refractivity contribution in [1.82, 2.24) is 10.2 Å². The van der Waals surface area contributed by atoms with Gasteiger partial charge in [0.05, 0.1) is 12.7 Å². The van der Waals surface area contributed by atoms with E-state index in [1.54, 1.807) is 0 Å². The number of benzene rings is 1. The number of thioether (sulfide) groups is 1. The van der Waals surface area contributed by atoms with Crippen LogP contribution in [0, 0.1) is 0 Å². The van der Waals surface area contributed by atoms with Gasteiger partial charge >= 0.3 is 5.97 Å². The quantitative estimate of drug-likeness (QED) is 0.672. The molecule has 0 radical (unpaired) electrons. The first-order chi connectivity index (χ1) is 11.4. The standard InChI is InChI=1S/C15H14N2O6S/c1-23-7-2-3-10(18)8(6-7)12(19)16-11-13(20)17-9(15(21)22)4-5-24-14(11)17/h2-4,6,11,14,18H,5H2,1H3,(H,16,19)(H,21,22)/t11?,14-/m1/s1. The number of nitrogens with zero attached hydrogens (tertiary/aromatic N) is 1. The summed E-state index contributed by atoms with van der Waals surface area (Å²) in [5.41, 5.74) is -0.0890. The van der Waals surface area contributed by atoms with Crippen molar-refractivity contribution < 1.29 is 29.3 Å². The number of β-lactam (4-membered cyclic amide) rings is 1. The zero-order chi connectivity index (χ0) is 17.4. The van der Waals surface area contributed by atoms with E-state index < -0.39 is 29.2 Å². The average molecular weight is 350 g/mol. The number of carbonyl (C=O) groups is 3. The fraction of sp³-hybridized carbons (Fsp3) is 0.267. The second-order valence-corrected chi connectivity index (χ2v) is 6.31. The molecular weight excluding hydrogens is 336 g/mol. The van der Waals surface area contributed by atoms with Gasteiger partial charge in [0.1, 0.15) is 28.6 Å². The highest BCUT2D eigenvalue weighted by atomic mass is 32.2. The van der Waals surface area contributed by atoms with Crippen molar-refractivity contribution in [2.24, 2.45) is 0 Å². The molecule has 0 aromatic heterocycles. The van der Waals surface area contributed by atoms with Gasteiger partial charge in [-0.05, 0) is 24.3 Å². The van der Waals surface area contributed by atoms with E-state index in [1.165, 1.54) is 43.1 Å². The van der Waals surface area contributed by atoms with E-state index in [4.69, 9.17) is 9.84 Å². The van der Waals surface area contributed by atoms with E-state index in [2.05, 4.69) is 5.32 Å². The highest BCUT2D eigenvalue weighted by Crippen LogP contribution is 2.37. The third-order valence-corrected chi connectivity index (χ3v) is 4.98. The first-order valence-electron chi connectivity index (χ1n) is 7.00. The Hall–Kier alpha value is -2.68. The number of hydrogen-bond donors (Lipinski definition) is 3. The molecule has 2 atom stereocenters. The van der Waals surface area contributed by atoms with E-state index in [0.717, 1.165) is 4.90 Å². The summed E-state index contributed by atoms with van der Waals surface area (Å²) >= 11 is 1.36. The smallest absolute Gasteiger partial charge is 0.352 e. The summed E-state index contributed by atoms with van der Waals surface area (Å²) in [5, 5.41) is 21.0. The first kappa shape index (κ1) is 16.2. The van der Waals surface area contributed by atoms with Crippen LogP contribution in [0.3, 0.4) is 0 Å². The van der Waals surface area contributed by atoms with Gasteiger partial charge in [-0.2, -0.15) is 0 Å². The van der Waals surface area contributed by atoms with Crippen LogP contribution in [-0.4, -0.2) is 57.2 Å². The lowest BCUT2D eigenvalue weighted by Gasteiger charge is -2.48. The number of amides is 2. The van der Waals surface area contributed by atoms with Gasteiger partial charge in [0.2, 0.25) is 0 Å². The summed E-state index contributed by atoms with van der Waals surface area (Å²) in [6, 6.07) is 3.35. The molecule has 0 spiro atoms. The van der Waals surface area contributed by atoms with Crippen molar-refractivity contribution in [3.63, 3.8) is 0 Å². The Labute approximate surface area is 141 Å². The van der Waals surface area contributed by atoms with Crippen molar-refractivity contribution in [3.8, 4) is 11.5 Å². The molecule has 126 valence electrons. The Bertz CT molecular complexity index is 762. The topological polar surface area (TPSA) is 116 Å². The van der Waals surface area contributed by atoms with E-state index in [-0.39, 0.29) is 17.0 Å². The van der Waals surface area contributed by atoms with Crippen molar-refractivity contribution in [2.75, 3.05) is 12.9 Å². The molecule has 1 aromatic carbocycles. The van der Waals surface area contributed by atoms with Gasteiger partial charge in [0, 0.05) is 5.75 Å². The number of carboxylic acids is 1. The Morgan fingerprint density at radius 3 is 2.83 bits per heavy atom. The lowest BCUT2D eigenvalue weighted by atomic mass is 10.0. The molecule has 0 bridgehead atoms. The largest absolute Gasteiger partial charge is 0.507 e. The normalized spacial score (nSPS) is 22.1. The molecule has 1 aromatic rings. The number of carboxylic acid groups (broad SMARTS) is 1. The molecule has 9 heteroatoms. The van der Waals surface area contributed by atoms with E-state index in [9.17, 15) is 19.5 Å². The van der Waals surface area contributed by atoms with Crippen LogP contribution in [0.2, 0.25) is 0 Å². The summed E-state index contributed by atoms with van der Waals surface area (Å²) in [4.78, 5) is 36.8. The molecule has 1 saturated heterocycles. The van der Waals surface area contributed by atoms with E-state index in [1.807, 2.05) is 0 Å². The maximum atomic E-state index is 12.3. The number of rotatable bonds is 4. The predicted molar refractivity (Wildman–Crippen MR) is 84.7 cm³/mol. The van der Waals surface area contributed by atoms with Crippen LogP contribution >= 0.6 is 11.8 Å². The minimum Gasteiger partial charge on any atom is -0.507 e. The second kappa shape index (κ2) is 6.08. The highest BCUT2D eigenvalue weighted by Gasteiger charge is 2.52. The minimum atomic E-state index is -1.18. The predicted octanol–water partition coefficient (Wildman–Crippen LogP) is 0.383. The van der Waals surface area contributed by atoms with Gasteiger partial charge in [0.15, 0.2) is 0 Å². The fourth-order valence-corrected chi connectivity index (χ4v) is 3.78. The van der Waals surface area contributed by atoms with Crippen LogP contribution < -0.4 is 10.1 Å². The Morgan fingerprint density at radius 1 is 1.42 bits per heavy atom. The molecule has 1 fully saturated rings. The fourth-order valence-electron chi connectivity index (χ4n) is 2.58.